The summed E-state index contributed by atoms with van der Waals surface area (Å²) in [6, 6.07) is 2.53. The van der Waals surface area contributed by atoms with Gasteiger partial charge in [0.05, 0.1) is 0 Å². The molecule has 1 aliphatic heterocycles. The largest absolute Gasteiger partial charge is 1.00 e. The normalized spacial score (nSPS) is 18.7. The molecule has 0 fully saturated rings. The summed E-state index contributed by atoms with van der Waals surface area (Å²) >= 11 is -0.613. The number of allylic oxidation sites excluding steroid dienone is 8. The molecule has 0 aromatic heterocycles. The fraction of sp³-hybridized carbons (Fsp3) is 0.692. The van der Waals surface area contributed by atoms with Crippen LogP contribution in [0.1, 0.15) is 19.8 Å². The number of halogens is 2. The van der Waals surface area contributed by atoms with Gasteiger partial charge in [-0.05, 0) is 0 Å². The molecule has 35 heavy (non-hydrogen) atoms. The molecule has 1 heterocycles. The molecule has 9 heteroatoms. The zero-order valence-corrected chi connectivity index (χ0v) is 32.0. The summed E-state index contributed by atoms with van der Waals surface area (Å²) in [5.41, 5.74) is 3.64. The molecule has 0 saturated carbocycles. The first-order chi connectivity index (χ1) is 15.0. The molecule has 2 nitrogen and oxygen atoms in total. The Morgan fingerprint density at radius 3 is 1.34 bits per heavy atom. The average Bonchev–Trinajstić information content (AvgIpc) is 3.24. The summed E-state index contributed by atoms with van der Waals surface area (Å²) in [6.07, 6.45) is 7.87. The van der Waals surface area contributed by atoms with Gasteiger partial charge in [-0.15, -0.1) is 0 Å². The third kappa shape index (κ3) is 8.60. The van der Waals surface area contributed by atoms with Gasteiger partial charge in [0.25, 0.3) is 0 Å². The molecular formula is C26H48Cl2O2Si4Zr. The van der Waals surface area contributed by atoms with Crippen LogP contribution in [-0.2, 0) is 32.1 Å². The summed E-state index contributed by atoms with van der Waals surface area (Å²) in [5, 5.41) is 3.59. The fourth-order valence-electron chi connectivity index (χ4n) is 5.50. The Morgan fingerprint density at radius 1 is 0.686 bits per heavy atom. The van der Waals surface area contributed by atoms with Gasteiger partial charge in [0.15, 0.2) is 0 Å². The quantitative estimate of drug-likeness (QED) is 0.333. The number of hydrogen-bond donors (Lipinski definition) is 0. The van der Waals surface area contributed by atoms with Gasteiger partial charge in [0.2, 0.25) is 0 Å². The maximum atomic E-state index is 6.30. The van der Waals surface area contributed by atoms with Gasteiger partial charge in [-0.25, -0.2) is 0 Å². The van der Waals surface area contributed by atoms with Crippen LogP contribution >= 0.6 is 0 Å². The molecule has 0 saturated heterocycles. The first-order valence-corrected chi connectivity index (χ1v) is 28.6. The first-order valence-electron chi connectivity index (χ1n) is 12.9. The number of rotatable bonds is 10. The van der Waals surface area contributed by atoms with Crippen LogP contribution in [-0.4, -0.2) is 46.0 Å². The first kappa shape index (κ1) is 34.2. The van der Waals surface area contributed by atoms with E-state index in [4.69, 9.17) is 8.85 Å². The Morgan fingerprint density at radius 2 is 1.03 bits per heavy atom. The maximum Gasteiger partial charge on any atom is -1.00 e. The van der Waals surface area contributed by atoms with E-state index in [0.717, 1.165) is 13.2 Å². The van der Waals surface area contributed by atoms with Crippen LogP contribution in [0.3, 0.4) is 0 Å². The van der Waals surface area contributed by atoms with Gasteiger partial charge in [-0.2, -0.15) is 0 Å². The maximum absolute atomic E-state index is 6.30. The van der Waals surface area contributed by atoms with Crippen molar-refractivity contribution in [1.82, 2.24) is 0 Å². The molecule has 0 N–H and O–H groups in total. The van der Waals surface area contributed by atoms with Gasteiger partial charge in [-0.3, -0.25) is 0 Å². The molecule has 0 unspecified atom stereocenters. The van der Waals surface area contributed by atoms with Crippen molar-refractivity contribution in [3.8, 4) is 0 Å². The van der Waals surface area contributed by atoms with E-state index in [1.165, 1.54) is 24.9 Å². The molecule has 0 bridgehead atoms. The van der Waals surface area contributed by atoms with Crippen LogP contribution in [0.15, 0.2) is 40.3 Å². The van der Waals surface area contributed by atoms with Gasteiger partial charge in [0.1, 0.15) is 0 Å². The van der Waals surface area contributed by atoms with E-state index >= 15 is 0 Å². The average molecular weight is 667 g/mol. The van der Waals surface area contributed by atoms with Gasteiger partial charge in [0, 0.05) is 0 Å². The second kappa shape index (κ2) is 12.6. The Labute approximate surface area is 244 Å². The van der Waals surface area contributed by atoms with Crippen molar-refractivity contribution in [1.29, 1.82) is 0 Å². The van der Waals surface area contributed by atoms with Crippen LogP contribution in [0.25, 0.3) is 0 Å². The Kier molecular flexibility index (Phi) is 12.3. The Bertz CT molecular complexity index is 837. The molecule has 3 aliphatic rings. The van der Waals surface area contributed by atoms with Crippen molar-refractivity contribution in [3.05, 3.63) is 40.3 Å². The van der Waals surface area contributed by atoms with Crippen molar-refractivity contribution in [2.75, 3.05) is 13.2 Å². The van der Waals surface area contributed by atoms with E-state index in [-0.39, 0.29) is 24.8 Å². The van der Waals surface area contributed by atoms with E-state index in [1.807, 2.05) is 17.7 Å². The van der Waals surface area contributed by atoms with E-state index in [2.05, 4.69) is 84.5 Å². The molecule has 0 aromatic rings. The van der Waals surface area contributed by atoms with Crippen LogP contribution < -0.4 is 24.8 Å². The second-order valence-corrected chi connectivity index (χ2v) is 35.7. The van der Waals surface area contributed by atoms with Gasteiger partial charge in [-0.1, -0.05) is 0 Å². The molecule has 0 spiro atoms. The molecule has 0 aromatic carbocycles. The molecule has 0 radical (unpaired) electrons. The van der Waals surface area contributed by atoms with Crippen molar-refractivity contribution in [3.63, 3.8) is 0 Å². The summed E-state index contributed by atoms with van der Waals surface area (Å²) in [6.45, 7) is 28.8. The van der Waals surface area contributed by atoms with E-state index in [9.17, 15) is 0 Å². The number of hydrogen-bond acceptors (Lipinski definition) is 2. The molecule has 198 valence electrons. The van der Waals surface area contributed by atoms with E-state index in [0.29, 0.717) is 5.92 Å². The molecule has 2 aliphatic carbocycles. The fourth-order valence-corrected chi connectivity index (χ4v) is 17.5. The second-order valence-electron chi connectivity index (χ2n) is 13.5. The summed E-state index contributed by atoms with van der Waals surface area (Å²) in [4.78, 5) is 0. The standard InChI is InChI=1S/C26H48O2Si4.2ClH.Zr/c1-22(23-14-12-16-25(23)31(8,9)20-18-27-29(2,3)4)24-15-13-17-26(24)32(10,11)21-19-28-30(5,6)7;;;/h16-17,22H,12-13,18-21H2,1-11H3;2*1H;/q;;;+2/p-2. The van der Waals surface area contributed by atoms with Crippen molar-refractivity contribution < 1.29 is 56.9 Å². The Balaban J connectivity index is 0.00000306. The minimum atomic E-state index is -1.49. The van der Waals surface area contributed by atoms with Gasteiger partial charge >= 0.3 is 222 Å². The minimum Gasteiger partial charge on any atom is -1.00 e. The minimum absolute atomic E-state index is 0. The zero-order chi connectivity index (χ0) is 24.8. The van der Waals surface area contributed by atoms with Crippen molar-refractivity contribution >= 4 is 32.8 Å². The molecule has 0 atom stereocenters. The zero-order valence-electron chi connectivity index (χ0n) is 24.0. The van der Waals surface area contributed by atoms with Crippen LogP contribution in [0.2, 0.25) is 77.6 Å². The van der Waals surface area contributed by atoms with Crippen LogP contribution in [0, 0.1) is 5.92 Å². The third-order valence-corrected chi connectivity index (χ3v) is 20.1. The Hall–Kier alpha value is 1.21. The predicted octanol–water partition coefficient (Wildman–Crippen LogP) is 2.09. The van der Waals surface area contributed by atoms with E-state index < -0.39 is 56.0 Å². The third-order valence-electron chi connectivity index (χ3n) is 7.40. The van der Waals surface area contributed by atoms with Crippen molar-refractivity contribution in [2.45, 2.75) is 97.3 Å². The summed E-state index contributed by atoms with van der Waals surface area (Å²) in [7, 11) is -5.85. The molecule has 0 amide bonds. The van der Waals surface area contributed by atoms with Gasteiger partial charge < -0.3 is 24.8 Å². The summed E-state index contributed by atoms with van der Waals surface area (Å²) in [5.74, 6) is 0.613. The van der Waals surface area contributed by atoms with Crippen LogP contribution in [0.4, 0.5) is 0 Å². The molecule has 3 rings (SSSR count). The molecular weight excluding hydrogens is 619 g/mol. The monoisotopic (exact) mass is 664 g/mol. The SMILES string of the molecule is CC1C2=[C](CC=C2[Si](C)(C)CCO[Si](C)(C)C)[Zr+2][C]2=C1C([Si](C)(C)CCO[Si](C)(C)C)=CC2.[Cl-].[Cl-]. The van der Waals surface area contributed by atoms with E-state index in [1.54, 1.807) is 10.4 Å². The van der Waals surface area contributed by atoms with Crippen LogP contribution in [0.5, 0.6) is 0 Å². The predicted molar refractivity (Wildman–Crippen MR) is 152 cm³/mol. The van der Waals surface area contributed by atoms with Crippen molar-refractivity contribution in [2.24, 2.45) is 5.92 Å². The summed E-state index contributed by atoms with van der Waals surface area (Å²) < 4.78 is 16.4. The topological polar surface area (TPSA) is 18.5 Å². The smallest absolute Gasteiger partial charge is 1.00 e.